The van der Waals surface area contributed by atoms with E-state index in [0.29, 0.717) is 29.1 Å². The molecule has 112 valence electrons. The number of nitrogens with one attached hydrogen (secondary N) is 1. The van der Waals surface area contributed by atoms with Gasteiger partial charge in [0.15, 0.2) is 0 Å². The molecule has 2 rings (SSSR count). The smallest absolute Gasteiger partial charge is 0.0701 e. The molecule has 0 spiro atoms. The second kappa shape index (κ2) is 5.37. The van der Waals surface area contributed by atoms with Crippen LogP contribution in [0.5, 0.6) is 0 Å². The SMILES string of the molecule is CCCNC(C)C(C)OC1CC2CCC1(C)C2(C)C. The van der Waals surface area contributed by atoms with Crippen LogP contribution in [0.4, 0.5) is 0 Å². The minimum atomic E-state index is 0.309. The maximum Gasteiger partial charge on any atom is 0.0701 e. The summed E-state index contributed by atoms with van der Waals surface area (Å²) in [6.07, 6.45) is 5.98. The molecule has 0 aromatic heterocycles. The van der Waals surface area contributed by atoms with Gasteiger partial charge in [-0.2, -0.15) is 0 Å². The van der Waals surface area contributed by atoms with Gasteiger partial charge in [-0.15, -0.1) is 0 Å². The summed E-state index contributed by atoms with van der Waals surface area (Å²) in [5.41, 5.74) is 0.841. The van der Waals surface area contributed by atoms with Crippen molar-refractivity contribution in [2.75, 3.05) is 6.54 Å². The summed E-state index contributed by atoms with van der Waals surface area (Å²) in [6.45, 7) is 15.2. The van der Waals surface area contributed by atoms with Crippen molar-refractivity contribution in [2.24, 2.45) is 16.7 Å². The largest absolute Gasteiger partial charge is 0.373 e. The van der Waals surface area contributed by atoms with Gasteiger partial charge in [-0.1, -0.05) is 27.7 Å². The zero-order chi connectivity index (χ0) is 14.3. The Morgan fingerprint density at radius 1 is 1.26 bits per heavy atom. The Labute approximate surface area is 119 Å². The molecular formula is C17H33NO. The highest BCUT2D eigenvalue weighted by molar-refractivity contribution is 5.11. The minimum Gasteiger partial charge on any atom is -0.373 e. The Balaban J connectivity index is 1.94. The van der Waals surface area contributed by atoms with Crippen LogP contribution in [0.1, 0.15) is 67.2 Å². The molecule has 2 saturated carbocycles. The van der Waals surface area contributed by atoms with E-state index in [1.54, 1.807) is 0 Å². The summed E-state index contributed by atoms with van der Waals surface area (Å²) < 4.78 is 6.48. The van der Waals surface area contributed by atoms with Gasteiger partial charge in [0.25, 0.3) is 0 Å². The van der Waals surface area contributed by atoms with Gasteiger partial charge in [-0.05, 0) is 62.8 Å². The maximum absolute atomic E-state index is 6.48. The van der Waals surface area contributed by atoms with E-state index in [1.165, 1.54) is 25.7 Å². The van der Waals surface area contributed by atoms with Crippen molar-refractivity contribution in [1.29, 1.82) is 0 Å². The van der Waals surface area contributed by atoms with Crippen LogP contribution in [0.3, 0.4) is 0 Å². The molecule has 19 heavy (non-hydrogen) atoms. The predicted octanol–water partition coefficient (Wildman–Crippen LogP) is 3.99. The number of fused-ring (bicyclic) bond motifs is 2. The quantitative estimate of drug-likeness (QED) is 0.785. The van der Waals surface area contributed by atoms with E-state index in [1.807, 2.05) is 0 Å². The standard InChI is InChI=1S/C17H33NO/c1-7-10-18-12(2)13(3)19-15-11-14-8-9-17(15,6)16(14,4)5/h12-15,18H,7-11H2,1-6H3. The van der Waals surface area contributed by atoms with Gasteiger partial charge in [-0.3, -0.25) is 0 Å². The molecule has 2 fully saturated rings. The van der Waals surface area contributed by atoms with Crippen LogP contribution in [0.2, 0.25) is 0 Å². The van der Waals surface area contributed by atoms with Crippen molar-refractivity contribution in [3.05, 3.63) is 0 Å². The van der Waals surface area contributed by atoms with Crippen molar-refractivity contribution in [2.45, 2.75) is 85.5 Å². The number of hydrogen-bond donors (Lipinski definition) is 1. The van der Waals surface area contributed by atoms with Gasteiger partial charge in [0, 0.05) is 6.04 Å². The van der Waals surface area contributed by atoms with Gasteiger partial charge in [-0.25, -0.2) is 0 Å². The van der Waals surface area contributed by atoms with Crippen LogP contribution in [0.15, 0.2) is 0 Å². The lowest BCUT2D eigenvalue weighted by molar-refractivity contribution is -0.0889. The van der Waals surface area contributed by atoms with E-state index >= 15 is 0 Å². The summed E-state index contributed by atoms with van der Waals surface area (Å²) in [5, 5.41) is 3.56. The van der Waals surface area contributed by atoms with E-state index in [4.69, 9.17) is 4.74 Å². The van der Waals surface area contributed by atoms with Crippen molar-refractivity contribution in [3.8, 4) is 0 Å². The number of hydrogen-bond acceptors (Lipinski definition) is 2. The molecule has 5 atom stereocenters. The average Bonchev–Trinajstić information content (AvgIpc) is 2.68. The lowest BCUT2D eigenvalue weighted by atomic mass is 9.70. The van der Waals surface area contributed by atoms with Crippen LogP contribution >= 0.6 is 0 Å². The lowest BCUT2D eigenvalue weighted by Gasteiger charge is -2.40. The Morgan fingerprint density at radius 2 is 1.95 bits per heavy atom. The molecule has 2 aliphatic rings. The number of ether oxygens (including phenoxy) is 1. The first-order chi connectivity index (χ1) is 8.83. The summed E-state index contributed by atoms with van der Waals surface area (Å²) in [5.74, 6) is 0.869. The summed E-state index contributed by atoms with van der Waals surface area (Å²) in [7, 11) is 0. The highest BCUT2D eigenvalue weighted by Gasteiger charge is 2.62. The molecule has 5 unspecified atom stereocenters. The van der Waals surface area contributed by atoms with Crippen LogP contribution in [-0.2, 0) is 4.74 Å². The van der Waals surface area contributed by atoms with Crippen LogP contribution < -0.4 is 5.32 Å². The first-order valence-electron chi connectivity index (χ1n) is 8.21. The van der Waals surface area contributed by atoms with Gasteiger partial charge in [0.1, 0.15) is 0 Å². The third-order valence-electron chi connectivity index (χ3n) is 6.51. The van der Waals surface area contributed by atoms with Crippen LogP contribution in [0, 0.1) is 16.7 Å². The molecule has 2 heteroatoms. The zero-order valence-corrected chi connectivity index (χ0v) is 13.8. The molecule has 0 saturated heterocycles. The van der Waals surface area contributed by atoms with E-state index < -0.39 is 0 Å². The first-order valence-corrected chi connectivity index (χ1v) is 8.21. The first kappa shape index (κ1) is 15.3. The zero-order valence-electron chi connectivity index (χ0n) is 13.8. The van der Waals surface area contributed by atoms with Crippen LogP contribution in [0.25, 0.3) is 0 Å². The third kappa shape index (κ3) is 2.47. The molecule has 0 radical (unpaired) electrons. The second-order valence-corrected chi connectivity index (χ2v) is 7.68. The van der Waals surface area contributed by atoms with E-state index in [0.717, 1.165) is 12.5 Å². The topological polar surface area (TPSA) is 21.3 Å². The summed E-state index contributed by atoms with van der Waals surface area (Å²) >= 11 is 0. The predicted molar refractivity (Wildman–Crippen MR) is 81.3 cm³/mol. The highest BCUT2D eigenvalue weighted by Crippen LogP contribution is 2.66. The molecule has 2 aliphatic carbocycles. The maximum atomic E-state index is 6.48. The fourth-order valence-corrected chi connectivity index (χ4v) is 4.25. The Bertz CT molecular complexity index is 314. The monoisotopic (exact) mass is 267 g/mol. The molecule has 0 aromatic rings. The normalized spacial score (nSPS) is 39.5. The molecule has 1 N–H and O–H groups in total. The second-order valence-electron chi connectivity index (χ2n) is 7.68. The van der Waals surface area contributed by atoms with E-state index in [2.05, 4.69) is 46.9 Å². The van der Waals surface area contributed by atoms with Gasteiger partial charge in [0.05, 0.1) is 12.2 Å². The van der Waals surface area contributed by atoms with Crippen molar-refractivity contribution in [3.63, 3.8) is 0 Å². The number of rotatable bonds is 6. The van der Waals surface area contributed by atoms with Gasteiger partial charge in [0.2, 0.25) is 0 Å². The third-order valence-corrected chi connectivity index (χ3v) is 6.51. The van der Waals surface area contributed by atoms with Gasteiger partial charge < -0.3 is 10.1 Å². The molecule has 0 heterocycles. The van der Waals surface area contributed by atoms with Crippen molar-refractivity contribution in [1.82, 2.24) is 5.32 Å². The highest BCUT2D eigenvalue weighted by atomic mass is 16.5. The summed E-state index contributed by atoms with van der Waals surface area (Å²) in [4.78, 5) is 0. The van der Waals surface area contributed by atoms with Crippen molar-refractivity contribution < 1.29 is 4.74 Å². The fourth-order valence-electron chi connectivity index (χ4n) is 4.25. The molecule has 2 bridgehead atoms. The molecule has 0 aromatic carbocycles. The Kier molecular flexibility index (Phi) is 4.32. The lowest BCUT2D eigenvalue weighted by Crippen LogP contribution is -2.44. The van der Waals surface area contributed by atoms with E-state index in [9.17, 15) is 0 Å². The molecular weight excluding hydrogens is 234 g/mol. The van der Waals surface area contributed by atoms with Gasteiger partial charge >= 0.3 is 0 Å². The van der Waals surface area contributed by atoms with Crippen molar-refractivity contribution >= 4 is 0 Å². The summed E-state index contributed by atoms with van der Waals surface area (Å²) in [6, 6.07) is 0.450. The molecule has 2 nitrogen and oxygen atoms in total. The Morgan fingerprint density at radius 3 is 2.42 bits per heavy atom. The molecule has 0 amide bonds. The fraction of sp³-hybridized carbons (Fsp3) is 1.00. The van der Waals surface area contributed by atoms with E-state index in [-0.39, 0.29) is 0 Å². The minimum absolute atomic E-state index is 0.309. The Hall–Kier alpha value is -0.0800. The average molecular weight is 267 g/mol. The van der Waals surface area contributed by atoms with Crippen LogP contribution in [-0.4, -0.2) is 24.8 Å². The molecule has 0 aliphatic heterocycles.